The van der Waals surface area contributed by atoms with Crippen molar-refractivity contribution in [2.45, 2.75) is 64.6 Å². The average Bonchev–Trinajstić information content (AvgIpc) is 2.60. The van der Waals surface area contributed by atoms with Crippen molar-refractivity contribution in [1.82, 2.24) is 10.2 Å². The lowest BCUT2D eigenvalue weighted by Crippen LogP contribution is -2.54. The summed E-state index contributed by atoms with van der Waals surface area (Å²) in [5, 5.41) is 12.5. The van der Waals surface area contributed by atoms with Gasteiger partial charge in [-0.25, -0.2) is 0 Å². The average molecular weight is 242 g/mol. The molecule has 17 heavy (non-hydrogen) atoms. The van der Waals surface area contributed by atoms with Crippen LogP contribution in [0.1, 0.15) is 47.0 Å². The van der Waals surface area contributed by atoms with Gasteiger partial charge in [0.15, 0.2) is 0 Å². The highest BCUT2D eigenvalue weighted by Crippen LogP contribution is 2.19. The van der Waals surface area contributed by atoms with E-state index in [1.165, 1.54) is 12.8 Å². The Morgan fingerprint density at radius 1 is 1.59 bits per heavy atom. The van der Waals surface area contributed by atoms with Crippen molar-refractivity contribution in [1.29, 1.82) is 0 Å². The molecule has 1 fully saturated rings. The van der Waals surface area contributed by atoms with Crippen molar-refractivity contribution < 1.29 is 9.90 Å². The first-order chi connectivity index (χ1) is 7.85. The molecule has 1 saturated heterocycles. The monoisotopic (exact) mass is 242 g/mol. The summed E-state index contributed by atoms with van der Waals surface area (Å²) >= 11 is 0. The molecule has 2 N–H and O–H groups in total. The van der Waals surface area contributed by atoms with Crippen LogP contribution in [0.3, 0.4) is 0 Å². The molecule has 0 saturated carbocycles. The normalized spacial score (nSPS) is 25.1. The van der Waals surface area contributed by atoms with Crippen LogP contribution in [0.15, 0.2) is 0 Å². The highest BCUT2D eigenvalue weighted by Gasteiger charge is 2.34. The molecule has 0 bridgehead atoms. The Labute approximate surface area is 104 Å². The number of likely N-dealkylation sites (tertiary alicyclic amines) is 1. The molecule has 100 valence electrons. The topological polar surface area (TPSA) is 52.6 Å². The van der Waals surface area contributed by atoms with E-state index in [0.29, 0.717) is 12.5 Å². The Kier molecular flexibility index (Phi) is 4.95. The molecule has 0 radical (unpaired) electrons. The molecule has 0 spiro atoms. The third-order valence-corrected chi connectivity index (χ3v) is 3.67. The molecule has 4 nitrogen and oxygen atoms in total. The SMILES string of the molecule is CC(C)NC(C)(CCN1CCCC1C)C(=O)O. The number of carboxylic acid groups (broad SMARTS) is 1. The Bertz CT molecular complexity index is 268. The van der Waals surface area contributed by atoms with Gasteiger partial charge in [-0.3, -0.25) is 10.1 Å². The van der Waals surface area contributed by atoms with Gasteiger partial charge in [0.2, 0.25) is 0 Å². The van der Waals surface area contributed by atoms with Gasteiger partial charge in [0, 0.05) is 18.6 Å². The number of aliphatic carboxylic acids is 1. The van der Waals surface area contributed by atoms with Gasteiger partial charge in [0.1, 0.15) is 5.54 Å². The van der Waals surface area contributed by atoms with Crippen LogP contribution in [0.5, 0.6) is 0 Å². The number of carboxylic acids is 1. The van der Waals surface area contributed by atoms with E-state index in [1.54, 1.807) is 6.92 Å². The van der Waals surface area contributed by atoms with Gasteiger partial charge in [0.05, 0.1) is 0 Å². The van der Waals surface area contributed by atoms with E-state index in [1.807, 2.05) is 13.8 Å². The van der Waals surface area contributed by atoms with E-state index in [9.17, 15) is 9.90 Å². The highest BCUT2D eigenvalue weighted by atomic mass is 16.4. The van der Waals surface area contributed by atoms with Gasteiger partial charge in [-0.15, -0.1) is 0 Å². The highest BCUT2D eigenvalue weighted by molar-refractivity contribution is 5.78. The fraction of sp³-hybridized carbons (Fsp3) is 0.923. The second-order valence-corrected chi connectivity index (χ2v) is 5.71. The van der Waals surface area contributed by atoms with E-state index in [-0.39, 0.29) is 6.04 Å². The smallest absolute Gasteiger partial charge is 0.323 e. The summed E-state index contributed by atoms with van der Waals surface area (Å²) in [6, 6.07) is 0.791. The lowest BCUT2D eigenvalue weighted by Gasteiger charge is -2.31. The molecular formula is C13H26N2O2. The quantitative estimate of drug-likeness (QED) is 0.744. The van der Waals surface area contributed by atoms with Crippen LogP contribution in [-0.2, 0) is 4.79 Å². The van der Waals surface area contributed by atoms with Gasteiger partial charge < -0.3 is 10.0 Å². The zero-order chi connectivity index (χ0) is 13.1. The molecule has 4 heteroatoms. The van der Waals surface area contributed by atoms with Gasteiger partial charge in [-0.1, -0.05) is 0 Å². The zero-order valence-electron chi connectivity index (χ0n) is 11.5. The van der Waals surface area contributed by atoms with Crippen molar-refractivity contribution in [2.75, 3.05) is 13.1 Å². The summed E-state index contributed by atoms with van der Waals surface area (Å²) in [4.78, 5) is 13.8. The molecule has 0 aromatic heterocycles. The molecule has 2 atom stereocenters. The van der Waals surface area contributed by atoms with Crippen LogP contribution >= 0.6 is 0 Å². The van der Waals surface area contributed by atoms with Crippen LogP contribution < -0.4 is 5.32 Å². The largest absolute Gasteiger partial charge is 0.480 e. The fourth-order valence-electron chi connectivity index (χ4n) is 2.57. The second kappa shape index (κ2) is 5.83. The molecule has 2 unspecified atom stereocenters. The summed E-state index contributed by atoms with van der Waals surface area (Å²) in [5.74, 6) is -0.752. The van der Waals surface area contributed by atoms with Gasteiger partial charge in [-0.05, 0) is 53.5 Å². The number of rotatable bonds is 6. The fourth-order valence-corrected chi connectivity index (χ4v) is 2.57. The Morgan fingerprint density at radius 3 is 2.65 bits per heavy atom. The summed E-state index contributed by atoms with van der Waals surface area (Å²) in [6.45, 7) is 9.96. The number of carbonyl (C=O) groups is 1. The molecule has 0 amide bonds. The number of hydrogen-bond acceptors (Lipinski definition) is 3. The van der Waals surface area contributed by atoms with Crippen molar-refractivity contribution in [3.05, 3.63) is 0 Å². The molecule has 1 heterocycles. The first kappa shape index (κ1) is 14.5. The third-order valence-electron chi connectivity index (χ3n) is 3.67. The van der Waals surface area contributed by atoms with Gasteiger partial charge in [0.25, 0.3) is 0 Å². The van der Waals surface area contributed by atoms with E-state index in [0.717, 1.165) is 13.1 Å². The summed E-state index contributed by atoms with van der Waals surface area (Å²) < 4.78 is 0. The summed E-state index contributed by atoms with van der Waals surface area (Å²) in [6.07, 6.45) is 3.13. The van der Waals surface area contributed by atoms with E-state index < -0.39 is 11.5 Å². The van der Waals surface area contributed by atoms with Gasteiger partial charge >= 0.3 is 5.97 Å². The minimum Gasteiger partial charge on any atom is -0.480 e. The van der Waals surface area contributed by atoms with Crippen molar-refractivity contribution in [3.8, 4) is 0 Å². The van der Waals surface area contributed by atoms with Crippen LogP contribution in [0.2, 0.25) is 0 Å². The van der Waals surface area contributed by atoms with E-state index >= 15 is 0 Å². The van der Waals surface area contributed by atoms with Crippen LogP contribution in [0, 0.1) is 0 Å². The number of nitrogens with one attached hydrogen (secondary N) is 1. The van der Waals surface area contributed by atoms with Crippen LogP contribution in [0.25, 0.3) is 0 Å². The second-order valence-electron chi connectivity index (χ2n) is 5.71. The maximum atomic E-state index is 11.4. The lowest BCUT2D eigenvalue weighted by molar-refractivity contribution is -0.145. The molecule has 0 aromatic rings. The van der Waals surface area contributed by atoms with Crippen LogP contribution in [-0.4, -0.2) is 46.7 Å². The maximum Gasteiger partial charge on any atom is 0.323 e. The number of nitrogens with zero attached hydrogens (tertiary/aromatic N) is 1. The first-order valence-electron chi connectivity index (χ1n) is 6.60. The van der Waals surface area contributed by atoms with Crippen LogP contribution in [0.4, 0.5) is 0 Å². The van der Waals surface area contributed by atoms with E-state index in [4.69, 9.17) is 0 Å². The predicted octanol–water partition coefficient (Wildman–Crippen LogP) is 1.70. The van der Waals surface area contributed by atoms with E-state index in [2.05, 4.69) is 17.1 Å². The standard InChI is InChI=1S/C13H26N2O2/c1-10(2)14-13(4,12(16)17)7-9-15-8-5-6-11(15)3/h10-11,14H,5-9H2,1-4H3,(H,16,17). The molecule has 1 aliphatic heterocycles. The van der Waals surface area contributed by atoms with Crippen molar-refractivity contribution >= 4 is 5.97 Å². The van der Waals surface area contributed by atoms with Gasteiger partial charge in [-0.2, -0.15) is 0 Å². The zero-order valence-corrected chi connectivity index (χ0v) is 11.5. The van der Waals surface area contributed by atoms with Crippen molar-refractivity contribution in [2.24, 2.45) is 0 Å². The van der Waals surface area contributed by atoms with Crippen molar-refractivity contribution in [3.63, 3.8) is 0 Å². The summed E-state index contributed by atoms with van der Waals surface area (Å²) in [5.41, 5.74) is -0.809. The molecule has 0 aromatic carbocycles. The third kappa shape index (κ3) is 3.96. The molecule has 0 aliphatic carbocycles. The first-order valence-corrected chi connectivity index (χ1v) is 6.60. The Morgan fingerprint density at radius 2 is 2.24 bits per heavy atom. The Balaban J connectivity index is 2.52. The minimum atomic E-state index is -0.809. The molecule has 1 aliphatic rings. The minimum absolute atomic E-state index is 0.187. The number of hydrogen-bond donors (Lipinski definition) is 2. The molecule has 1 rings (SSSR count). The lowest BCUT2D eigenvalue weighted by atomic mass is 9.96. The predicted molar refractivity (Wildman–Crippen MR) is 69.2 cm³/mol. The summed E-state index contributed by atoms with van der Waals surface area (Å²) in [7, 11) is 0. The Hall–Kier alpha value is -0.610. The maximum absolute atomic E-state index is 11.4. The molecular weight excluding hydrogens is 216 g/mol.